The summed E-state index contributed by atoms with van der Waals surface area (Å²) in [7, 11) is 0. The van der Waals surface area contributed by atoms with Crippen LogP contribution in [0.2, 0.25) is 0 Å². The molecule has 1 aliphatic heterocycles. The molecule has 1 saturated heterocycles. The summed E-state index contributed by atoms with van der Waals surface area (Å²) in [6.07, 6.45) is 3.16. The van der Waals surface area contributed by atoms with Crippen LogP contribution in [0, 0.1) is 12.7 Å². The van der Waals surface area contributed by atoms with Crippen LogP contribution < -0.4 is 15.6 Å². The number of anilines is 1. The van der Waals surface area contributed by atoms with Crippen LogP contribution in [0.3, 0.4) is 0 Å². The largest absolute Gasteiger partial charge is 0.477 e. The molecule has 4 rings (SSSR count). The number of halogens is 1. The average molecular weight is 360 g/mol. The van der Waals surface area contributed by atoms with Gasteiger partial charge in [-0.3, -0.25) is 4.79 Å². The highest BCUT2D eigenvalue weighted by atomic mass is 19.1. The van der Waals surface area contributed by atoms with Crippen molar-refractivity contribution in [3.05, 3.63) is 33.4 Å². The number of piperazine rings is 1. The normalized spacial score (nSPS) is 20.6. The minimum absolute atomic E-state index is 0.0706. The van der Waals surface area contributed by atoms with Gasteiger partial charge >= 0.3 is 5.97 Å². The number of nitrogens with one attached hydrogen (secondary N) is 1. The number of carbonyl (C=O) groups is 1. The molecule has 2 aromatic heterocycles. The van der Waals surface area contributed by atoms with Gasteiger partial charge in [-0.2, -0.15) is 0 Å². The van der Waals surface area contributed by atoms with E-state index in [4.69, 9.17) is 0 Å². The van der Waals surface area contributed by atoms with E-state index in [1.54, 1.807) is 4.57 Å². The van der Waals surface area contributed by atoms with Crippen molar-refractivity contribution in [1.82, 2.24) is 14.9 Å². The van der Waals surface area contributed by atoms with Gasteiger partial charge in [0, 0.05) is 43.5 Å². The zero-order chi connectivity index (χ0) is 18.6. The Kier molecular flexibility index (Phi) is 3.95. The lowest BCUT2D eigenvalue weighted by Gasteiger charge is -2.33. The third-order valence-corrected chi connectivity index (χ3v) is 5.16. The monoisotopic (exact) mass is 360 g/mol. The number of carboxylic acids is 1. The molecule has 7 nitrogen and oxygen atoms in total. The Labute approximate surface area is 149 Å². The third kappa shape index (κ3) is 2.65. The summed E-state index contributed by atoms with van der Waals surface area (Å²) in [4.78, 5) is 30.5. The fraction of sp³-hybridized carbons (Fsp3) is 0.500. The lowest BCUT2D eigenvalue weighted by molar-refractivity contribution is 0.0695. The standard InChI is InChI=1S/C18H21FN4O3/c1-9-7-22(6-5-20-9)17-14(19)10(2)13-15(24)12(18(25)26)8-23(11-3-4-11)16(13)21-17/h8-9,11,20H,3-7H2,1-2H3,(H,25,26). The van der Waals surface area contributed by atoms with Gasteiger partial charge in [-0.05, 0) is 26.7 Å². The Morgan fingerprint density at radius 1 is 1.42 bits per heavy atom. The van der Waals surface area contributed by atoms with Crippen molar-refractivity contribution >= 4 is 22.8 Å². The maximum atomic E-state index is 15.1. The summed E-state index contributed by atoms with van der Waals surface area (Å²) >= 11 is 0. The van der Waals surface area contributed by atoms with E-state index in [0.29, 0.717) is 18.7 Å². The molecule has 0 bridgehead atoms. The molecule has 2 aliphatic rings. The summed E-state index contributed by atoms with van der Waals surface area (Å²) in [6.45, 7) is 5.53. The maximum Gasteiger partial charge on any atom is 0.341 e. The number of pyridine rings is 2. The number of aromatic nitrogens is 2. The molecule has 0 spiro atoms. The Balaban J connectivity index is 1.99. The highest BCUT2D eigenvalue weighted by Crippen LogP contribution is 2.38. The number of hydrogen-bond acceptors (Lipinski definition) is 5. The second kappa shape index (κ2) is 6.05. The van der Waals surface area contributed by atoms with E-state index in [1.165, 1.54) is 13.1 Å². The van der Waals surface area contributed by atoms with Crippen LogP contribution in [-0.2, 0) is 0 Å². The molecule has 138 valence electrons. The van der Waals surface area contributed by atoms with Crippen LogP contribution in [-0.4, -0.2) is 46.3 Å². The highest BCUT2D eigenvalue weighted by molar-refractivity contribution is 5.93. The van der Waals surface area contributed by atoms with E-state index >= 15 is 4.39 Å². The number of fused-ring (bicyclic) bond motifs is 1. The van der Waals surface area contributed by atoms with Gasteiger partial charge < -0.3 is 19.9 Å². The number of rotatable bonds is 3. The summed E-state index contributed by atoms with van der Waals surface area (Å²) in [6, 6.07) is 0.323. The van der Waals surface area contributed by atoms with Crippen molar-refractivity contribution in [2.24, 2.45) is 0 Å². The van der Waals surface area contributed by atoms with E-state index in [1.807, 2.05) is 11.8 Å². The van der Waals surface area contributed by atoms with Gasteiger partial charge in [-0.15, -0.1) is 0 Å². The van der Waals surface area contributed by atoms with Gasteiger partial charge in [0.05, 0.1) is 5.39 Å². The Bertz CT molecular complexity index is 967. The molecule has 1 aliphatic carbocycles. The van der Waals surface area contributed by atoms with E-state index in [-0.39, 0.29) is 34.4 Å². The molecule has 0 amide bonds. The zero-order valence-corrected chi connectivity index (χ0v) is 14.8. The fourth-order valence-corrected chi connectivity index (χ4v) is 3.62. The first-order chi connectivity index (χ1) is 12.4. The van der Waals surface area contributed by atoms with Crippen LogP contribution in [0.5, 0.6) is 0 Å². The molecule has 2 N–H and O–H groups in total. The first kappa shape index (κ1) is 17.0. The van der Waals surface area contributed by atoms with Crippen molar-refractivity contribution in [2.75, 3.05) is 24.5 Å². The number of carboxylic acid groups (broad SMARTS) is 1. The molecule has 0 aromatic carbocycles. The molecule has 2 aromatic rings. The van der Waals surface area contributed by atoms with Gasteiger partial charge in [0.1, 0.15) is 11.2 Å². The molecule has 1 atom stereocenters. The predicted octanol–water partition coefficient (Wildman–Crippen LogP) is 1.68. The van der Waals surface area contributed by atoms with Gasteiger partial charge in [0.15, 0.2) is 11.6 Å². The molecule has 2 fully saturated rings. The SMILES string of the molecule is Cc1c(F)c(N2CCNC(C)C2)nc2c1c(=O)c(C(=O)O)cn2C1CC1. The number of aryl methyl sites for hydroxylation is 1. The molecular formula is C18H21FN4O3. The van der Waals surface area contributed by atoms with Crippen molar-refractivity contribution in [3.8, 4) is 0 Å². The summed E-state index contributed by atoms with van der Waals surface area (Å²) in [5.74, 6) is -1.61. The van der Waals surface area contributed by atoms with Crippen molar-refractivity contribution in [2.45, 2.75) is 38.8 Å². The Hall–Kier alpha value is -2.48. The van der Waals surface area contributed by atoms with E-state index in [9.17, 15) is 14.7 Å². The third-order valence-electron chi connectivity index (χ3n) is 5.16. The molecule has 26 heavy (non-hydrogen) atoms. The van der Waals surface area contributed by atoms with E-state index in [0.717, 1.165) is 19.4 Å². The number of aromatic carboxylic acids is 1. The first-order valence-corrected chi connectivity index (χ1v) is 8.85. The minimum atomic E-state index is -1.30. The van der Waals surface area contributed by atoms with Crippen LogP contribution in [0.25, 0.3) is 11.0 Å². The topological polar surface area (TPSA) is 87.5 Å². The molecule has 8 heteroatoms. The van der Waals surface area contributed by atoms with E-state index in [2.05, 4.69) is 10.3 Å². The van der Waals surface area contributed by atoms with Gasteiger partial charge in [0.25, 0.3) is 0 Å². The summed E-state index contributed by atoms with van der Waals surface area (Å²) in [5, 5.41) is 12.7. The summed E-state index contributed by atoms with van der Waals surface area (Å²) in [5.41, 5.74) is -0.466. The molecular weight excluding hydrogens is 339 g/mol. The number of nitrogens with zero attached hydrogens (tertiary/aromatic N) is 3. The van der Waals surface area contributed by atoms with Crippen LogP contribution >= 0.6 is 0 Å². The minimum Gasteiger partial charge on any atom is -0.477 e. The molecule has 3 heterocycles. The molecule has 1 saturated carbocycles. The van der Waals surface area contributed by atoms with Crippen LogP contribution in [0.1, 0.15) is 41.7 Å². The van der Waals surface area contributed by atoms with Gasteiger partial charge in [0.2, 0.25) is 5.43 Å². The van der Waals surface area contributed by atoms with Crippen molar-refractivity contribution < 1.29 is 14.3 Å². The second-order valence-electron chi connectivity index (χ2n) is 7.19. The molecule has 1 unspecified atom stereocenters. The predicted molar refractivity (Wildman–Crippen MR) is 95.6 cm³/mol. The lowest BCUT2D eigenvalue weighted by atomic mass is 10.1. The van der Waals surface area contributed by atoms with Gasteiger partial charge in [-0.1, -0.05) is 0 Å². The average Bonchev–Trinajstić information content (AvgIpc) is 3.42. The van der Waals surface area contributed by atoms with Gasteiger partial charge in [-0.25, -0.2) is 14.2 Å². The van der Waals surface area contributed by atoms with Crippen molar-refractivity contribution in [1.29, 1.82) is 0 Å². The van der Waals surface area contributed by atoms with Crippen LogP contribution in [0.15, 0.2) is 11.0 Å². The quantitative estimate of drug-likeness (QED) is 0.866. The second-order valence-corrected chi connectivity index (χ2v) is 7.19. The first-order valence-electron chi connectivity index (χ1n) is 8.85. The smallest absolute Gasteiger partial charge is 0.341 e. The zero-order valence-electron chi connectivity index (χ0n) is 14.8. The number of hydrogen-bond donors (Lipinski definition) is 2. The van der Waals surface area contributed by atoms with E-state index < -0.39 is 17.2 Å². The fourth-order valence-electron chi connectivity index (χ4n) is 3.62. The maximum absolute atomic E-state index is 15.1. The molecule has 0 radical (unpaired) electrons. The Morgan fingerprint density at radius 3 is 2.77 bits per heavy atom. The lowest BCUT2D eigenvalue weighted by Crippen LogP contribution is -2.50. The Morgan fingerprint density at radius 2 is 2.15 bits per heavy atom. The van der Waals surface area contributed by atoms with Crippen molar-refractivity contribution in [3.63, 3.8) is 0 Å². The highest BCUT2D eigenvalue weighted by Gasteiger charge is 2.30. The van der Waals surface area contributed by atoms with Crippen LogP contribution in [0.4, 0.5) is 10.2 Å². The summed E-state index contributed by atoms with van der Waals surface area (Å²) < 4.78 is 16.8.